The number of ether oxygens (including phenoxy) is 1. The number of urea groups is 1. The minimum Gasteiger partial charge on any atom is -0.480 e. The standard InChI is InChI=1S/C12H20N2O4S/c1-12(18-2)4-3-5-13(7-12)11(17)14-8-19-6-9(14)10(15)16/h9H,3-8H2,1-2H3,(H,15,16). The second-order valence-corrected chi connectivity index (χ2v) is 6.29. The molecule has 2 saturated heterocycles. The molecular formula is C12H20N2O4S. The predicted molar refractivity (Wildman–Crippen MR) is 72.2 cm³/mol. The molecule has 2 heterocycles. The van der Waals surface area contributed by atoms with Crippen molar-refractivity contribution in [3.63, 3.8) is 0 Å². The summed E-state index contributed by atoms with van der Waals surface area (Å²) < 4.78 is 5.46. The third kappa shape index (κ3) is 2.97. The van der Waals surface area contributed by atoms with Crippen LogP contribution in [0.5, 0.6) is 0 Å². The van der Waals surface area contributed by atoms with Crippen LogP contribution < -0.4 is 0 Å². The first-order valence-corrected chi connectivity index (χ1v) is 7.53. The first kappa shape index (κ1) is 14.5. The van der Waals surface area contributed by atoms with E-state index in [9.17, 15) is 9.59 Å². The molecule has 0 radical (unpaired) electrons. The number of likely N-dealkylation sites (tertiary alicyclic amines) is 1. The summed E-state index contributed by atoms with van der Waals surface area (Å²) in [5.41, 5.74) is -0.320. The van der Waals surface area contributed by atoms with Gasteiger partial charge in [-0.1, -0.05) is 0 Å². The maximum Gasteiger partial charge on any atom is 0.327 e. The normalized spacial score (nSPS) is 31.6. The molecule has 2 rings (SSSR count). The van der Waals surface area contributed by atoms with Gasteiger partial charge in [0.25, 0.3) is 0 Å². The van der Waals surface area contributed by atoms with Gasteiger partial charge < -0.3 is 19.6 Å². The Morgan fingerprint density at radius 3 is 2.84 bits per heavy atom. The fourth-order valence-corrected chi connectivity index (χ4v) is 3.69. The number of hydrogen-bond donors (Lipinski definition) is 1. The van der Waals surface area contributed by atoms with Crippen molar-refractivity contribution in [2.75, 3.05) is 31.8 Å². The molecule has 2 fully saturated rings. The lowest BCUT2D eigenvalue weighted by Gasteiger charge is -2.41. The van der Waals surface area contributed by atoms with Crippen molar-refractivity contribution >= 4 is 23.8 Å². The van der Waals surface area contributed by atoms with Gasteiger partial charge in [0.2, 0.25) is 0 Å². The van der Waals surface area contributed by atoms with Gasteiger partial charge in [-0.15, -0.1) is 11.8 Å². The molecule has 6 nitrogen and oxygen atoms in total. The van der Waals surface area contributed by atoms with Crippen LogP contribution in [-0.2, 0) is 9.53 Å². The number of carbonyl (C=O) groups is 2. The first-order chi connectivity index (χ1) is 8.97. The number of thioether (sulfide) groups is 1. The maximum atomic E-state index is 12.4. The van der Waals surface area contributed by atoms with E-state index in [0.29, 0.717) is 24.7 Å². The van der Waals surface area contributed by atoms with Crippen LogP contribution in [0.1, 0.15) is 19.8 Å². The summed E-state index contributed by atoms with van der Waals surface area (Å²) in [6.45, 7) is 3.18. The fourth-order valence-electron chi connectivity index (χ4n) is 2.55. The molecule has 19 heavy (non-hydrogen) atoms. The molecule has 2 aliphatic rings. The highest BCUT2D eigenvalue weighted by atomic mass is 32.2. The molecule has 108 valence electrons. The highest BCUT2D eigenvalue weighted by molar-refractivity contribution is 7.99. The highest BCUT2D eigenvalue weighted by Crippen LogP contribution is 2.27. The molecule has 0 bridgehead atoms. The summed E-state index contributed by atoms with van der Waals surface area (Å²) in [6, 6.07) is -0.881. The van der Waals surface area contributed by atoms with Crippen molar-refractivity contribution < 1.29 is 19.4 Å². The summed E-state index contributed by atoms with van der Waals surface area (Å²) in [5.74, 6) is -0.00298. The first-order valence-electron chi connectivity index (χ1n) is 6.38. The van der Waals surface area contributed by atoms with Crippen molar-refractivity contribution in [1.82, 2.24) is 9.80 Å². The van der Waals surface area contributed by atoms with Crippen LogP contribution >= 0.6 is 11.8 Å². The van der Waals surface area contributed by atoms with Gasteiger partial charge >= 0.3 is 12.0 Å². The number of nitrogens with zero attached hydrogens (tertiary/aromatic N) is 2. The fraction of sp³-hybridized carbons (Fsp3) is 0.833. The van der Waals surface area contributed by atoms with Crippen LogP contribution in [0.15, 0.2) is 0 Å². The Morgan fingerprint density at radius 2 is 2.21 bits per heavy atom. The molecular weight excluding hydrogens is 268 g/mol. The lowest BCUT2D eigenvalue weighted by molar-refractivity contribution is -0.141. The number of rotatable bonds is 2. The summed E-state index contributed by atoms with van der Waals surface area (Å²) in [5, 5.41) is 9.13. The second kappa shape index (κ2) is 5.58. The third-order valence-electron chi connectivity index (χ3n) is 3.84. The van der Waals surface area contributed by atoms with E-state index in [0.717, 1.165) is 12.8 Å². The van der Waals surface area contributed by atoms with Gasteiger partial charge in [-0.25, -0.2) is 9.59 Å². The summed E-state index contributed by atoms with van der Waals surface area (Å²) in [7, 11) is 1.65. The third-order valence-corrected chi connectivity index (χ3v) is 4.85. The van der Waals surface area contributed by atoms with Gasteiger partial charge in [0.05, 0.1) is 18.0 Å². The number of carbonyl (C=O) groups excluding carboxylic acids is 1. The van der Waals surface area contributed by atoms with Crippen LogP contribution in [0.2, 0.25) is 0 Å². The lowest BCUT2D eigenvalue weighted by atomic mass is 9.95. The maximum absolute atomic E-state index is 12.4. The van der Waals surface area contributed by atoms with Gasteiger partial charge in [-0.2, -0.15) is 0 Å². The van der Waals surface area contributed by atoms with E-state index in [1.165, 1.54) is 16.7 Å². The van der Waals surface area contributed by atoms with E-state index >= 15 is 0 Å². The molecule has 0 aromatic rings. The number of aliphatic carboxylic acids is 1. The Bertz CT molecular complexity index is 379. The van der Waals surface area contributed by atoms with E-state index in [-0.39, 0.29) is 11.6 Å². The molecule has 0 aromatic carbocycles. The number of methoxy groups -OCH3 is 1. The van der Waals surface area contributed by atoms with Crippen molar-refractivity contribution in [3.05, 3.63) is 0 Å². The second-order valence-electron chi connectivity index (χ2n) is 5.29. The molecule has 1 N–H and O–H groups in total. The summed E-state index contributed by atoms with van der Waals surface area (Å²) in [6.07, 6.45) is 1.80. The van der Waals surface area contributed by atoms with Gasteiger partial charge in [0.1, 0.15) is 6.04 Å². The van der Waals surface area contributed by atoms with Crippen molar-refractivity contribution in [1.29, 1.82) is 0 Å². The SMILES string of the molecule is COC1(C)CCCN(C(=O)N2CSCC2C(=O)O)C1. The molecule has 0 aromatic heterocycles. The number of piperidine rings is 1. The number of hydrogen-bond acceptors (Lipinski definition) is 4. The van der Waals surface area contributed by atoms with Gasteiger partial charge in [-0.3, -0.25) is 0 Å². The van der Waals surface area contributed by atoms with Crippen LogP contribution in [0.4, 0.5) is 4.79 Å². The molecule has 0 spiro atoms. The van der Waals surface area contributed by atoms with Crippen LogP contribution in [0, 0.1) is 0 Å². The average molecular weight is 288 g/mol. The molecule has 7 heteroatoms. The van der Waals surface area contributed by atoms with Crippen LogP contribution in [0.3, 0.4) is 0 Å². The smallest absolute Gasteiger partial charge is 0.327 e. The Balaban J connectivity index is 2.05. The van der Waals surface area contributed by atoms with E-state index in [2.05, 4.69) is 0 Å². The van der Waals surface area contributed by atoms with Gasteiger partial charge in [0, 0.05) is 19.4 Å². The molecule has 2 amide bonds. The van der Waals surface area contributed by atoms with Crippen LogP contribution in [-0.4, -0.2) is 70.4 Å². The minimum absolute atomic E-state index is 0.180. The van der Waals surface area contributed by atoms with Gasteiger partial charge in [0.15, 0.2) is 0 Å². The number of carboxylic acids is 1. The van der Waals surface area contributed by atoms with E-state index < -0.39 is 12.0 Å². The Kier molecular flexibility index (Phi) is 4.25. The van der Waals surface area contributed by atoms with E-state index in [1.807, 2.05) is 6.92 Å². The number of carboxylic acid groups (broad SMARTS) is 1. The Morgan fingerprint density at radius 1 is 1.47 bits per heavy atom. The lowest BCUT2D eigenvalue weighted by Crippen LogP contribution is -2.55. The Hall–Kier alpha value is -0.950. The molecule has 0 saturated carbocycles. The zero-order valence-electron chi connectivity index (χ0n) is 11.3. The predicted octanol–water partition coefficient (Wildman–Crippen LogP) is 1.07. The summed E-state index contributed by atoms with van der Waals surface area (Å²) >= 11 is 1.48. The number of amides is 2. The quantitative estimate of drug-likeness (QED) is 0.823. The van der Waals surface area contributed by atoms with E-state index in [1.54, 1.807) is 12.0 Å². The topological polar surface area (TPSA) is 70.1 Å². The van der Waals surface area contributed by atoms with Crippen molar-refractivity contribution in [3.8, 4) is 0 Å². The zero-order valence-corrected chi connectivity index (χ0v) is 12.1. The largest absolute Gasteiger partial charge is 0.480 e. The summed E-state index contributed by atoms with van der Waals surface area (Å²) in [4.78, 5) is 26.7. The van der Waals surface area contributed by atoms with E-state index in [4.69, 9.17) is 9.84 Å². The van der Waals surface area contributed by atoms with Crippen molar-refractivity contribution in [2.24, 2.45) is 0 Å². The molecule has 2 atom stereocenters. The van der Waals surface area contributed by atoms with Crippen molar-refractivity contribution in [2.45, 2.75) is 31.4 Å². The highest BCUT2D eigenvalue weighted by Gasteiger charge is 2.40. The molecule has 2 aliphatic heterocycles. The van der Waals surface area contributed by atoms with Gasteiger partial charge in [-0.05, 0) is 19.8 Å². The monoisotopic (exact) mass is 288 g/mol. The molecule has 2 unspecified atom stereocenters. The zero-order chi connectivity index (χ0) is 14.0. The molecule has 0 aliphatic carbocycles. The average Bonchev–Trinajstić information content (AvgIpc) is 2.87. The Labute approximate surface area is 117 Å². The minimum atomic E-state index is -0.926. The van der Waals surface area contributed by atoms with Crippen LogP contribution in [0.25, 0.3) is 0 Å².